The van der Waals surface area contributed by atoms with E-state index in [1.807, 2.05) is 0 Å². The van der Waals surface area contributed by atoms with E-state index < -0.39 is 0 Å². The highest BCUT2D eigenvalue weighted by Crippen LogP contribution is 2.20. The fourth-order valence-electron chi connectivity index (χ4n) is 3.63. The molecule has 0 spiro atoms. The molecule has 0 amide bonds. The molecule has 2 aromatic carbocycles. The van der Waals surface area contributed by atoms with E-state index in [1.54, 1.807) is 0 Å². The summed E-state index contributed by atoms with van der Waals surface area (Å²) in [6.45, 7) is 9.77. The number of rotatable bonds is 4. The number of para-hydroxylation sites is 1. The third-order valence-corrected chi connectivity index (χ3v) is 5.33. The summed E-state index contributed by atoms with van der Waals surface area (Å²) in [6.07, 6.45) is 0. The molecule has 0 saturated carbocycles. The van der Waals surface area contributed by atoms with Crippen LogP contribution in [-0.4, -0.2) is 36.1 Å². The zero-order chi connectivity index (χ0) is 17.9. The Morgan fingerprint density at radius 3 is 2.26 bits per heavy atom. The van der Waals surface area contributed by atoms with E-state index in [4.69, 9.17) is 4.98 Å². The van der Waals surface area contributed by atoms with E-state index >= 15 is 0 Å². The predicted molar refractivity (Wildman–Crippen MR) is 117 cm³/mol. The van der Waals surface area contributed by atoms with Crippen LogP contribution in [0.5, 0.6) is 0 Å². The minimum absolute atomic E-state index is 0. The number of piperazine rings is 1. The van der Waals surface area contributed by atoms with Gasteiger partial charge in [0.1, 0.15) is 5.82 Å². The average Bonchev–Trinajstić information content (AvgIpc) is 2.68. The number of hydrogen-bond acceptors (Lipinski definition) is 3. The zero-order valence-corrected chi connectivity index (χ0v) is 17.0. The van der Waals surface area contributed by atoms with Crippen LogP contribution < -0.4 is 4.90 Å². The van der Waals surface area contributed by atoms with Crippen molar-refractivity contribution in [1.29, 1.82) is 0 Å². The Bertz CT molecular complexity index is 868. The Balaban J connectivity index is 0.00000210. The van der Waals surface area contributed by atoms with Crippen LogP contribution in [0.3, 0.4) is 0 Å². The zero-order valence-electron chi connectivity index (χ0n) is 16.1. The Hall–Kier alpha value is -2.10. The third kappa shape index (κ3) is 4.60. The van der Waals surface area contributed by atoms with Crippen molar-refractivity contribution in [2.24, 2.45) is 0 Å². The molecule has 2 heterocycles. The van der Waals surface area contributed by atoms with Crippen molar-refractivity contribution in [2.75, 3.05) is 31.1 Å². The van der Waals surface area contributed by atoms with Gasteiger partial charge in [-0.25, -0.2) is 4.98 Å². The first-order chi connectivity index (χ1) is 12.7. The maximum Gasteiger partial charge on any atom is 0.129 e. The van der Waals surface area contributed by atoms with Crippen molar-refractivity contribution in [1.82, 2.24) is 9.88 Å². The second kappa shape index (κ2) is 8.73. The van der Waals surface area contributed by atoms with E-state index in [-0.39, 0.29) is 12.4 Å². The molecule has 3 nitrogen and oxygen atoms in total. The highest BCUT2D eigenvalue weighted by Gasteiger charge is 2.18. The number of pyridine rings is 1. The Morgan fingerprint density at radius 1 is 0.852 bits per heavy atom. The molecule has 1 fully saturated rings. The van der Waals surface area contributed by atoms with Gasteiger partial charge >= 0.3 is 0 Å². The van der Waals surface area contributed by atoms with Gasteiger partial charge < -0.3 is 4.90 Å². The van der Waals surface area contributed by atoms with Gasteiger partial charge in [-0.05, 0) is 35.2 Å². The molecule has 0 aliphatic carbocycles. The van der Waals surface area contributed by atoms with Gasteiger partial charge in [0.15, 0.2) is 0 Å². The summed E-state index contributed by atoms with van der Waals surface area (Å²) in [4.78, 5) is 9.79. The number of hydrogen-bond donors (Lipinski definition) is 0. The highest BCUT2D eigenvalue weighted by molar-refractivity contribution is 5.85. The molecule has 0 N–H and O–H groups in total. The normalized spacial score (nSPS) is 15.1. The third-order valence-electron chi connectivity index (χ3n) is 5.33. The van der Waals surface area contributed by atoms with E-state index in [0.717, 1.165) is 44.1 Å². The maximum atomic E-state index is 4.84. The smallest absolute Gasteiger partial charge is 0.129 e. The van der Waals surface area contributed by atoms with Crippen LogP contribution in [0.15, 0.2) is 60.7 Å². The summed E-state index contributed by atoms with van der Waals surface area (Å²) in [5, 5.41) is 1.21. The lowest BCUT2D eigenvalue weighted by Gasteiger charge is -2.35. The van der Waals surface area contributed by atoms with E-state index in [0.29, 0.717) is 5.92 Å². The van der Waals surface area contributed by atoms with Crippen molar-refractivity contribution in [3.8, 4) is 0 Å². The minimum Gasteiger partial charge on any atom is -0.354 e. The molecule has 142 valence electrons. The molecule has 4 rings (SSSR count). The average molecular weight is 382 g/mol. The highest BCUT2D eigenvalue weighted by atomic mass is 35.5. The SMILES string of the molecule is CC(C)c1ccc(CN2CCN(c3ccc4ccccc4n3)CC2)cc1.Cl. The summed E-state index contributed by atoms with van der Waals surface area (Å²) >= 11 is 0. The van der Waals surface area contributed by atoms with Crippen LogP contribution in [0.2, 0.25) is 0 Å². The van der Waals surface area contributed by atoms with Gasteiger partial charge in [0, 0.05) is 38.1 Å². The molecular formula is C23H28ClN3. The van der Waals surface area contributed by atoms with Gasteiger partial charge in [-0.1, -0.05) is 56.3 Å². The summed E-state index contributed by atoms with van der Waals surface area (Å²) in [5.41, 5.74) is 3.91. The van der Waals surface area contributed by atoms with Gasteiger partial charge in [0.25, 0.3) is 0 Å². The lowest BCUT2D eigenvalue weighted by atomic mass is 10.0. The Kier molecular flexibility index (Phi) is 6.35. The number of aromatic nitrogens is 1. The van der Waals surface area contributed by atoms with Crippen molar-refractivity contribution in [3.63, 3.8) is 0 Å². The number of nitrogens with zero attached hydrogens (tertiary/aromatic N) is 3. The number of benzene rings is 2. The van der Waals surface area contributed by atoms with Crippen molar-refractivity contribution in [3.05, 3.63) is 71.8 Å². The van der Waals surface area contributed by atoms with Crippen LogP contribution in [0.1, 0.15) is 30.9 Å². The summed E-state index contributed by atoms with van der Waals surface area (Å²) in [5.74, 6) is 1.70. The molecule has 0 radical (unpaired) electrons. The van der Waals surface area contributed by atoms with E-state index in [1.165, 1.54) is 16.5 Å². The molecule has 1 aliphatic rings. The molecule has 1 aromatic heterocycles. The monoisotopic (exact) mass is 381 g/mol. The van der Waals surface area contributed by atoms with Gasteiger partial charge in [0.2, 0.25) is 0 Å². The first-order valence-corrected chi connectivity index (χ1v) is 9.61. The number of fused-ring (bicyclic) bond motifs is 1. The first-order valence-electron chi connectivity index (χ1n) is 9.61. The fourth-order valence-corrected chi connectivity index (χ4v) is 3.63. The van der Waals surface area contributed by atoms with Crippen LogP contribution in [0.25, 0.3) is 10.9 Å². The number of anilines is 1. The lowest BCUT2D eigenvalue weighted by molar-refractivity contribution is 0.249. The largest absolute Gasteiger partial charge is 0.354 e. The van der Waals surface area contributed by atoms with Gasteiger partial charge in [0.05, 0.1) is 5.52 Å². The second-order valence-electron chi connectivity index (χ2n) is 7.52. The van der Waals surface area contributed by atoms with Gasteiger partial charge in [-0.2, -0.15) is 0 Å². The fraction of sp³-hybridized carbons (Fsp3) is 0.348. The summed E-state index contributed by atoms with van der Waals surface area (Å²) in [6, 6.07) is 21.8. The standard InChI is InChI=1S/C23H27N3.ClH/c1-18(2)20-9-7-19(8-10-20)17-25-13-15-26(16-14-25)23-12-11-21-5-3-4-6-22(21)24-23;/h3-12,18H,13-17H2,1-2H3;1H. The van der Waals surface area contributed by atoms with E-state index in [9.17, 15) is 0 Å². The van der Waals surface area contributed by atoms with Crippen LogP contribution in [-0.2, 0) is 6.54 Å². The lowest BCUT2D eigenvalue weighted by Crippen LogP contribution is -2.46. The van der Waals surface area contributed by atoms with Crippen molar-refractivity contribution < 1.29 is 0 Å². The van der Waals surface area contributed by atoms with Crippen molar-refractivity contribution in [2.45, 2.75) is 26.3 Å². The molecule has 3 aromatic rings. The first kappa shape index (κ1) is 19.7. The van der Waals surface area contributed by atoms with Gasteiger partial charge in [-0.3, -0.25) is 4.90 Å². The maximum absolute atomic E-state index is 4.84. The molecule has 27 heavy (non-hydrogen) atoms. The Morgan fingerprint density at radius 2 is 1.56 bits per heavy atom. The molecule has 1 saturated heterocycles. The molecule has 0 bridgehead atoms. The molecular weight excluding hydrogens is 354 g/mol. The molecule has 0 atom stereocenters. The quantitative estimate of drug-likeness (QED) is 0.626. The van der Waals surface area contributed by atoms with Crippen molar-refractivity contribution >= 4 is 29.1 Å². The predicted octanol–water partition coefficient (Wildman–Crippen LogP) is 5.10. The Labute approximate surface area is 168 Å². The van der Waals surface area contributed by atoms with Crippen LogP contribution in [0, 0.1) is 0 Å². The topological polar surface area (TPSA) is 19.4 Å². The minimum atomic E-state index is 0. The summed E-state index contributed by atoms with van der Waals surface area (Å²) < 4.78 is 0. The second-order valence-corrected chi connectivity index (χ2v) is 7.52. The van der Waals surface area contributed by atoms with Crippen LogP contribution >= 0.6 is 12.4 Å². The van der Waals surface area contributed by atoms with Crippen LogP contribution in [0.4, 0.5) is 5.82 Å². The number of halogens is 1. The van der Waals surface area contributed by atoms with Gasteiger partial charge in [-0.15, -0.1) is 12.4 Å². The summed E-state index contributed by atoms with van der Waals surface area (Å²) in [7, 11) is 0. The molecule has 4 heteroatoms. The van der Waals surface area contributed by atoms with E-state index in [2.05, 4.69) is 84.3 Å². The molecule has 1 aliphatic heterocycles. The molecule has 0 unspecified atom stereocenters.